The predicted molar refractivity (Wildman–Crippen MR) is 113 cm³/mol. The Morgan fingerprint density at radius 3 is 2.62 bits per heavy atom. The molecule has 0 fully saturated rings. The number of fused-ring (bicyclic) bond motifs is 1. The van der Waals surface area contributed by atoms with Crippen LogP contribution in [0.5, 0.6) is 5.75 Å². The summed E-state index contributed by atoms with van der Waals surface area (Å²) in [7, 11) is 1.63. The third kappa shape index (κ3) is 4.18. The highest BCUT2D eigenvalue weighted by molar-refractivity contribution is 8.00. The van der Waals surface area contributed by atoms with Gasteiger partial charge in [0.2, 0.25) is 11.1 Å². The quantitative estimate of drug-likeness (QED) is 0.647. The van der Waals surface area contributed by atoms with Crippen LogP contribution in [0.4, 0.5) is 0 Å². The van der Waals surface area contributed by atoms with Gasteiger partial charge in [0.15, 0.2) is 0 Å². The van der Waals surface area contributed by atoms with Gasteiger partial charge in [-0.2, -0.15) is 0 Å². The van der Waals surface area contributed by atoms with Gasteiger partial charge in [-0.25, -0.2) is 4.68 Å². The fourth-order valence-electron chi connectivity index (χ4n) is 3.11. The second-order valence-electron chi connectivity index (χ2n) is 6.63. The number of rotatable bonds is 5. The lowest BCUT2D eigenvalue weighted by Gasteiger charge is -2.32. The lowest BCUT2D eigenvalue weighted by molar-refractivity contribution is -0.121. The molecule has 0 spiro atoms. The van der Waals surface area contributed by atoms with Crippen molar-refractivity contribution in [3.8, 4) is 5.75 Å². The Balaban J connectivity index is 1.54. The Kier molecular flexibility index (Phi) is 5.64. The van der Waals surface area contributed by atoms with Crippen LogP contribution in [0.25, 0.3) is 0 Å². The summed E-state index contributed by atoms with van der Waals surface area (Å²) < 4.78 is 6.99. The van der Waals surface area contributed by atoms with E-state index in [0.717, 1.165) is 22.7 Å². The van der Waals surface area contributed by atoms with Gasteiger partial charge < -0.3 is 15.5 Å². The monoisotopic (exact) mass is 429 g/mol. The number of thioether (sulfide) groups is 1. The summed E-state index contributed by atoms with van der Waals surface area (Å²) in [5, 5.41) is 12.2. The smallest absolute Gasteiger partial charge is 0.236 e. The number of carbonyl (C=O) groups excluding carboxylic acids is 1. The van der Waals surface area contributed by atoms with Crippen LogP contribution in [0, 0.1) is 6.92 Å². The minimum absolute atomic E-state index is 0.0785. The van der Waals surface area contributed by atoms with Crippen molar-refractivity contribution in [3.63, 3.8) is 0 Å². The molecule has 150 valence electrons. The number of carbonyl (C=O) groups is 1. The Labute approximate surface area is 177 Å². The number of aryl methyl sites for hydroxylation is 1. The van der Waals surface area contributed by atoms with Crippen molar-refractivity contribution in [3.05, 3.63) is 70.5 Å². The Morgan fingerprint density at radius 2 is 1.93 bits per heavy atom. The molecule has 1 aliphatic rings. The van der Waals surface area contributed by atoms with Crippen molar-refractivity contribution in [1.29, 1.82) is 0 Å². The van der Waals surface area contributed by atoms with Crippen molar-refractivity contribution in [2.45, 2.75) is 29.9 Å². The standard InChI is InChI=1S/C20H20ClN5O2S/c1-12-23-24-20-26(12)25-17(14-5-7-15(21)8-6-14)18(29-20)19(27)22-11-13-3-9-16(28-2)10-4-13/h3-10,17-18,25H,11H2,1-2H3,(H,22,27). The fourth-order valence-corrected chi connectivity index (χ4v) is 4.39. The average molecular weight is 430 g/mol. The van der Waals surface area contributed by atoms with Crippen LogP contribution >= 0.6 is 23.4 Å². The van der Waals surface area contributed by atoms with E-state index in [9.17, 15) is 4.79 Å². The zero-order chi connectivity index (χ0) is 20.4. The highest BCUT2D eigenvalue weighted by Gasteiger charge is 2.37. The van der Waals surface area contributed by atoms with Crippen LogP contribution < -0.4 is 15.5 Å². The molecule has 0 saturated carbocycles. The maximum absolute atomic E-state index is 13.1. The number of nitrogens with zero attached hydrogens (tertiary/aromatic N) is 3. The molecule has 0 aliphatic carbocycles. The maximum Gasteiger partial charge on any atom is 0.236 e. The summed E-state index contributed by atoms with van der Waals surface area (Å²) in [6.07, 6.45) is 0. The molecule has 7 nitrogen and oxygen atoms in total. The first-order valence-electron chi connectivity index (χ1n) is 9.06. The van der Waals surface area contributed by atoms with E-state index in [1.54, 1.807) is 7.11 Å². The van der Waals surface area contributed by atoms with Gasteiger partial charge in [0, 0.05) is 11.6 Å². The molecular weight excluding hydrogens is 410 g/mol. The molecule has 1 aliphatic heterocycles. The summed E-state index contributed by atoms with van der Waals surface area (Å²) in [6, 6.07) is 14.9. The fraction of sp³-hybridized carbons (Fsp3) is 0.250. The van der Waals surface area contributed by atoms with Gasteiger partial charge in [-0.3, -0.25) is 4.79 Å². The highest BCUT2D eigenvalue weighted by Crippen LogP contribution is 2.37. The number of amides is 1. The van der Waals surface area contributed by atoms with Gasteiger partial charge in [-0.05, 0) is 42.3 Å². The number of benzene rings is 2. The largest absolute Gasteiger partial charge is 0.497 e. The molecule has 9 heteroatoms. The Hall–Kier alpha value is -2.71. The van der Waals surface area contributed by atoms with Crippen LogP contribution in [0.2, 0.25) is 5.02 Å². The molecule has 2 unspecified atom stereocenters. The van der Waals surface area contributed by atoms with Crippen LogP contribution in [-0.4, -0.2) is 33.1 Å². The van der Waals surface area contributed by atoms with E-state index in [2.05, 4.69) is 20.9 Å². The van der Waals surface area contributed by atoms with E-state index in [4.69, 9.17) is 16.3 Å². The third-order valence-corrected chi connectivity index (χ3v) is 6.18. The molecule has 3 aromatic rings. The SMILES string of the molecule is COc1ccc(CNC(=O)C2Sc3nnc(C)n3NC2c2ccc(Cl)cc2)cc1. The zero-order valence-corrected chi connectivity index (χ0v) is 17.5. The van der Waals surface area contributed by atoms with Crippen molar-refractivity contribution >= 4 is 29.3 Å². The normalized spacial score (nSPS) is 17.9. The first-order chi connectivity index (χ1) is 14.0. The predicted octanol–water partition coefficient (Wildman–Crippen LogP) is 3.32. The average Bonchev–Trinajstić information content (AvgIpc) is 3.12. The summed E-state index contributed by atoms with van der Waals surface area (Å²) in [5.74, 6) is 1.44. The summed E-state index contributed by atoms with van der Waals surface area (Å²) >= 11 is 7.43. The van der Waals surface area contributed by atoms with Gasteiger partial charge in [-0.1, -0.05) is 47.6 Å². The molecule has 2 aromatic carbocycles. The number of nitrogens with one attached hydrogen (secondary N) is 2. The van der Waals surface area contributed by atoms with Crippen LogP contribution in [0.3, 0.4) is 0 Å². The van der Waals surface area contributed by atoms with Crippen molar-refractivity contribution in [1.82, 2.24) is 20.2 Å². The molecule has 0 bridgehead atoms. The topological polar surface area (TPSA) is 81.1 Å². The molecular formula is C20H20ClN5O2S. The van der Waals surface area contributed by atoms with E-state index < -0.39 is 5.25 Å². The maximum atomic E-state index is 13.1. The Bertz CT molecular complexity index is 1010. The van der Waals surface area contributed by atoms with E-state index in [0.29, 0.717) is 16.7 Å². The summed E-state index contributed by atoms with van der Waals surface area (Å²) in [5.41, 5.74) is 5.33. The van der Waals surface area contributed by atoms with E-state index in [1.807, 2.05) is 60.1 Å². The van der Waals surface area contributed by atoms with Crippen molar-refractivity contribution < 1.29 is 9.53 Å². The third-order valence-electron chi connectivity index (χ3n) is 4.71. The molecule has 2 atom stereocenters. The number of methoxy groups -OCH3 is 1. The molecule has 4 rings (SSSR count). The highest BCUT2D eigenvalue weighted by atomic mass is 35.5. The summed E-state index contributed by atoms with van der Waals surface area (Å²) in [6.45, 7) is 2.30. The minimum atomic E-state index is -0.412. The van der Waals surface area contributed by atoms with E-state index in [-0.39, 0.29) is 11.9 Å². The molecule has 2 heterocycles. The second kappa shape index (κ2) is 8.34. The minimum Gasteiger partial charge on any atom is -0.497 e. The molecule has 1 aromatic heterocycles. The summed E-state index contributed by atoms with van der Waals surface area (Å²) in [4.78, 5) is 13.1. The van der Waals surface area contributed by atoms with Gasteiger partial charge in [0.25, 0.3) is 0 Å². The molecule has 2 N–H and O–H groups in total. The van der Waals surface area contributed by atoms with Gasteiger partial charge in [0.05, 0.1) is 13.2 Å². The number of hydrogen-bond acceptors (Lipinski definition) is 6. The molecule has 0 saturated heterocycles. The molecule has 1 amide bonds. The number of ether oxygens (including phenoxy) is 1. The molecule has 29 heavy (non-hydrogen) atoms. The van der Waals surface area contributed by atoms with Crippen molar-refractivity contribution in [2.75, 3.05) is 12.5 Å². The number of aromatic nitrogens is 3. The Morgan fingerprint density at radius 1 is 1.21 bits per heavy atom. The number of hydrogen-bond donors (Lipinski definition) is 2. The second-order valence-corrected chi connectivity index (χ2v) is 8.17. The first-order valence-corrected chi connectivity index (χ1v) is 10.3. The lowest BCUT2D eigenvalue weighted by Crippen LogP contribution is -2.44. The van der Waals surface area contributed by atoms with E-state index >= 15 is 0 Å². The van der Waals surface area contributed by atoms with Gasteiger partial charge in [-0.15, -0.1) is 10.2 Å². The number of halogens is 1. The first kappa shape index (κ1) is 19.6. The lowest BCUT2D eigenvalue weighted by atomic mass is 10.0. The van der Waals surface area contributed by atoms with Crippen LogP contribution in [0.1, 0.15) is 23.0 Å². The molecule has 0 radical (unpaired) electrons. The van der Waals surface area contributed by atoms with Crippen LogP contribution in [-0.2, 0) is 11.3 Å². The zero-order valence-electron chi connectivity index (χ0n) is 15.9. The van der Waals surface area contributed by atoms with E-state index in [1.165, 1.54) is 11.8 Å². The van der Waals surface area contributed by atoms with Gasteiger partial charge in [0.1, 0.15) is 16.8 Å². The van der Waals surface area contributed by atoms with Gasteiger partial charge >= 0.3 is 0 Å². The van der Waals surface area contributed by atoms with Crippen molar-refractivity contribution in [2.24, 2.45) is 0 Å². The van der Waals surface area contributed by atoms with Crippen LogP contribution in [0.15, 0.2) is 53.7 Å².